The lowest BCUT2D eigenvalue weighted by molar-refractivity contribution is -0.119. The number of para-hydroxylation sites is 1. The number of hydrogen-bond acceptors (Lipinski definition) is 5. The van der Waals surface area contributed by atoms with Gasteiger partial charge in [-0.15, -0.1) is 0 Å². The van der Waals surface area contributed by atoms with E-state index in [2.05, 4.69) is 28.1 Å². The van der Waals surface area contributed by atoms with Gasteiger partial charge in [0.1, 0.15) is 11.9 Å². The summed E-state index contributed by atoms with van der Waals surface area (Å²) >= 11 is 0. The first-order chi connectivity index (χ1) is 16.0. The van der Waals surface area contributed by atoms with E-state index in [4.69, 9.17) is 9.47 Å². The fourth-order valence-corrected chi connectivity index (χ4v) is 4.23. The Kier molecular flexibility index (Phi) is 8.29. The fraction of sp³-hybridized carbons (Fsp3) is 0.400. The molecular weight excluding hydrogens is 422 g/mol. The number of ether oxygens (including phenoxy) is 2. The van der Waals surface area contributed by atoms with E-state index in [0.717, 1.165) is 18.4 Å². The maximum atomic E-state index is 12.9. The van der Waals surface area contributed by atoms with Crippen molar-refractivity contribution in [3.05, 3.63) is 65.7 Å². The molecule has 176 valence electrons. The molecule has 33 heavy (non-hydrogen) atoms. The predicted molar refractivity (Wildman–Crippen MR) is 124 cm³/mol. The molecule has 3 rings (SSSR count). The summed E-state index contributed by atoms with van der Waals surface area (Å²) in [5.41, 5.74) is 1.37. The normalized spacial score (nSPS) is 19.8. The molecule has 0 heterocycles. The second-order valence-corrected chi connectivity index (χ2v) is 8.16. The molecule has 0 aromatic heterocycles. The highest BCUT2D eigenvalue weighted by Gasteiger charge is 2.38. The second-order valence-electron chi connectivity index (χ2n) is 8.16. The van der Waals surface area contributed by atoms with E-state index < -0.39 is 6.09 Å². The largest absolute Gasteiger partial charge is 0.496 e. The van der Waals surface area contributed by atoms with Crippen molar-refractivity contribution in [3.8, 4) is 5.75 Å². The number of amides is 3. The number of hydrogen-bond donors (Lipinski definition) is 3. The van der Waals surface area contributed by atoms with Crippen LogP contribution in [0, 0.1) is 0 Å². The van der Waals surface area contributed by atoms with E-state index in [-0.39, 0.29) is 29.9 Å². The van der Waals surface area contributed by atoms with Crippen molar-refractivity contribution in [1.29, 1.82) is 0 Å². The third-order valence-electron chi connectivity index (χ3n) is 6.16. The summed E-state index contributed by atoms with van der Waals surface area (Å²) in [6.07, 6.45) is 1.98. The number of nitrogens with one attached hydrogen (secondary N) is 3. The van der Waals surface area contributed by atoms with Crippen molar-refractivity contribution in [2.45, 2.75) is 37.2 Å². The first kappa shape index (κ1) is 24.1. The summed E-state index contributed by atoms with van der Waals surface area (Å²) in [7, 11) is 3.05. The van der Waals surface area contributed by atoms with Crippen LogP contribution in [0.3, 0.4) is 0 Å². The van der Waals surface area contributed by atoms with Gasteiger partial charge >= 0.3 is 6.09 Å². The lowest BCUT2D eigenvalue weighted by Crippen LogP contribution is -2.45. The Morgan fingerprint density at radius 1 is 0.970 bits per heavy atom. The molecule has 1 aliphatic carbocycles. The number of carbonyl (C=O) groups excluding carboxylic acids is 3. The predicted octanol–water partition coefficient (Wildman–Crippen LogP) is 2.78. The molecule has 1 aliphatic rings. The smallest absolute Gasteiger partial charge is 0.407 e. The monoisotopic (exact) mass is 453 g/mol. The van der Waals surface area contributed by atoms with Crippen molar-refractivity contribution in [1.82, 2.24) is 16.0 Å². The quantitative estimate of drug-likeness (QED) is 0.570. The van der Waals surface area contributed by atoms with Crippen LogP contribution in [-0.2, 0) is 14.9 Å². The number of alkyl carbamates (subject to hydrolysis) is 1. The molecule has 8 heteroatoms. The van der Waals surface area contributed by atoms with Crippen LogP contribution >= 0.6 is 0 Å². The Bertz CT molecular complexity index is 956. The highest BCUT2D eigenvalue weighted by Crippen LogP contribution is 2.40. The molecule has 1 saturated carbocycles. The van der Waals surface area contributed by atoms with Crippen LogP contribution < -0.4 is 20.7 Å². The van der Waals surface area contributed by atoms with Crippen molar-refractivity contribution in [2.24, 2.45) is 0 Å². The van der Waals surface area contributed by atoms with E-state index in [1.807, 2.05) is 30.3 Å². The molecule has 2 aromatic rings. The summed E-state index contributed by atoms with van der Waals surface area (Å²) in [4.78, 5) is 36.2. The van der Waals surface area contributed by atoms with Crippen LogP contribution in [0.25, 0.3) is 0 Å². The van der Waals surface area contributed by atoms with Gasteiger partial charge < -0.3 is 25.4 Å². The third-order valence-corrected chi connectivity index (χ3v) is 6.16. The average molecular weight is 454 g/mol. The molecule has 1 fully saturated rings. The molecule has 0 unspecified atom stereocenters. The molecule has 0 spiro atoms. The minimum Gasteiger partial charge on any atom is -0.496 e. The van der Waals surface area contributed by atoms with Crippen molar-refractivity contribution < 1.29 is 23.9 Å². The van der Waals surface area contributed by atoms with Crippen molar-refractivity contribution >= 4 is 17.9 Å². The third kappa shape index (κ3) is 6.25. The van der Waals surface area contributed by atoms with Gasteiger partial charge in [-0.1, -0.05) is 42.5 Å². The maximum Gasteiger partial charge on any atom is 0.407 e. The van der Waals surface area contributed by atoms with Crippen LogP contribution in [0.1, 0.15) is 41.6 Å². The van der Waals surface area contributed by atoms with Gasteiger partial charge in [0.25, 0.3) is 5.91 Å². The SMILES string of the molecule is CNC(=O)CNC(=O)OC1CCC(CNC(=O)c2ccccc2OC)(c2ccccc2)CC1. The lowest BCUT2D eigenvalue weighted by atomic mass is 9.68. The van der Waals surface area contributed by atoms with E-state index in [1.54, 1.807) is 19.2 Å². The Balaban J connectivity index is 1.65. The van der Waals surface area contributed by atoms with E-state index in [0.29, 0.717) is 30.7 Å². The van der Waals surface area contributed by atoms with Gasteiger partial charge in [-0.25, -0.2) is 4.79 Å². The molecule has 0 atom stereocenters. The van der Waals surface area contributed by atoms with Gasteiger partial charge in [0.2, 0.25) is 5.91 Å². The minimum atomic E-state index is -0.597. The topological polar surface area (TPSA) is 106 Å². The molecule has 0 radical (unpaired) electrons. The first-order valence-corrected chi connectivity index (χ1v) is 11.1. The average Bonchev–Trinajstić information content (AvgIpc) is 2.87. The van der Waals surface area contributed by atoms with Gasteiger partial charge in [0, 0.05) is 19.0 Å². The number of carbonyl (C=O) groups is 3. The summed E-state index contributed by atoms with van der Waals surface area (Å²) < 4.78 is 10.8. The van der Waals surface area contributed by atoms with Crippen molar-refractivity contribution in [3.63, 3.8) is 0 Å². The molecule has 0 aliphatic heterocycles. The van der Waals surface area contributed by atoms with Crippen LogP contribution in [0.15, 0.2) is 54.6 Å². The maximum absolute atomic E-state index is 12.9. The Hall–Kier alpha value is -3.55. The minimum absolute atomic E-state index is 0.120. The summed E-state index contributed by atoms with van der Waals surface area (Å²) in [5.74, 6) is 0.0582. The van der Waals surface area contributed by atoms with Crippen LogP contribution in [0.5, 0.6) is 5.75 Å². The molecule has 3 amide bonds. The number of methoxy groups -OCH3 is 1. The Morgan fingerprint density at radius 3 is 2.30 bits per heavy atom. The lowest BCUT2D eigenvalue weighted by Gasteiger charge is -2.40. The number of rotatable bonds is 8. The van der Waals surface area contributed by atoms with Gasteiger partial charge in [0.05, 0.1) is 19.2 Å². The summed E-state index contributed by atoms with van der Waals surface area (Å²) in [5, 5.41) is 8.00. The highest BCUT2D eigenvalue weighted by atomic mass is 16.6. The van der Waals surface area contributed by atoms with E-state index >= 15 is 0 Å². The van der Waals surface area contributed by atoms with E-state index in [1.165, 1.54) is 7.05 Å². The van der Waals surface area contributed by atoms with Crippen LogP contribution in [0.4, 0.5) is 4.79 Å². The Morgan fingerprint density at radius 2 is 1.64 bits per heavy atom. The molecular formula is C25H31N3O5. The number of likely N-dealkylation sites (N-methyl/N-ethyl adjacent to an activating group) is 1. The Labute approximate surface area is 194 Å². The number of benzene rings is 2. The molecule has 8 nitrogen and oxygen atoms in total. The van der Waals surface area contributed by atoms with Gasteiger partial charge in [0.15, 0.2) is 0 Å². The molecule has 0 bridgehead atoms. The zero-order valence-electron chi connectivity index (χ0n) is 19.1. The molecule has 2 aromatic carbocycles. The molecule has 3 N–H and O–H groups in total. The molecule has 0 saturated heterocycles. The summed E-state index contributed by atoms with van der Waals surface area (Å²) in [6, 6.07) is 17.2. The van der Waals surface area contributed by atoms with Crippen LogP contribution in [0.2, 0.25) is 0 Å². The zero-order chi connectivity index (χ0) is 23.7. The zero-order valence-corrected chi connectivity index (χ0v) is 19.1. The van der Waals surface area contributed by atoms with Gasteiger partial charge in [-0.05, 0) is 43.4 Å². The van der Waals surface area contributed by atoms with Crippen molar-refractivity contribution in [2.75, 3.05) is 27.2 Å². The summed E-state index contributed by atoms with van der Waals surface area (Å²) in [6.45, 7) is 0.342. The first-order valence-electron chi connectivity index (χ1n) is 11.1. The fourth-order valence-electron chi connectivity index (χ4n) is 4.23. The van der Waals surface area contributed by atoms with E-state index in [9.17, 15) is 14.4 Å². The van der Waals surface area contributed by atoms with Crippen LogP contribution in [-0.4, -0.2) is 51.3 Å². The van der Waals surface area contributed by atoms with Gasteiger partial charge in [-0.3, -0.25) is 9.59 Å². The second kappa shape index (κ2) is 11.4. The standard InChI is InChI=1S/C25H31N3O5/c1-26-22(29)16-27-24(31)33-19-12-14-25(15-13-19,18-8-4-3-5-9-18)17-28-23(30)20-10-6-7-11-21(20)32-2/h3-11,19H,12-17H2,1-2H3,(H,26,29)(H,27,31)(H,28,30). The van der Waals surface area contributed by atoms with Gasteiger partial charge in [-0.2, -0.15) is 0 Å². The highest BCUT2D eigenvalue weighted by molar-refractivity contribution is 5.97.